The zero-order valence-corrected chi connectivity index (χ0v) is 15.5. The van der Waals surface area contributed by atoms with Gasteiger partial charge in [-0.25, -0.2) is 0 Å². The molecule has 1 aliphatic heterocycles. The third kappa shape index (κ3) is 5.15. The summed E-state index contributed by atoms with van der Waals surface area (Å²) in [7, 11) is 0. The summed E-state index contributed by atoms with van der Waals surface area (Å²) in [6.07, 6.45) is -0.170. The number of carbonyl (C=O) groups is 2. The number of rotatable bonds is 6. The average Bonchev–Trinajstić information content (AvgIpc) is 3.06. The van der Waals surface area contributed by atoms with Crippen LogP contribution in [0.25, 0.3) is 0 Å². The molecule has 1 aliphatic rings. The Labute approximate surface area is 157 Å². The number of carbonyl (C=O) groups excluding carboxylic acids is 2. The molecule has 1 aromatic carbocycles. The Kier molecular flexibility index (Phi) is 6.20. The van der Waals surface area contributed by atoms with Crippen molar-refractivity contribution in [3.05, 3.63) is 47.7 Å². The van der Waals surface area contributed by atoms with Gasteiger partial charge in [-0.2, -0.15) is 0 Å². The molecule has 3 rings (SSSR count). The summed E-state index contributed by atoms with van der Waals surface area (Å²) in [5.41, 5.74) is 0.885. The van der Waals surface area contributed by atoms with Gasteiger partial charge in [-0.3, -0.25) is 14.5 Å². The number of anilines is 1. The SMILES string of the molecule is CC(=O)NCC1CN(C(C(=O)Nc2cc(C)on2)c2ccccc2)CCO1. The summed E-state index contributed by atoms with van der Waals surface area (Å²) in [5, 5.41) is 9.44. The van der Waals surface area contributed by atoms with E-state index in [0.29, 0.717) is 37.8 Å². The molecule has 1 saturated heterocycles. The van der Waals surface area contributed by atoms with E-state index >= 15 is 0 Å². The standard InChI is InChI=1S/C19H24N4O4/c1-13-10-17(22-27-13)21-19(25)18(15-6-4-3-5-7-15)23-8-9-26-16(12-23)11-20-14(2)24/h3-7,10,16,18H,8-9,11-12H2,1-2H3,(H,20,24)(H,21,22,25). The van der Waals surface area contributed by atoms with Gasteiger partial charge >= 0.3 is 0 Å². The molecule has 2 atom stereocenters. The zero-order valence-electron chi connectivity index (χ0n) is 15.5. The van der Waals surface area contributed by atoms with E-state index in [1.54, 1.807) is 13.0 Å². The summed E-state index contributed by atoms with van der Waals surface area (Å²) < 4.78 is 10.8. The zero-order chi connectivity index (χ0) is 19.2. The number of aromatic nitrogens is 1. The van der Waals surface area contributed by atoms with Gasteiger partial charge in [0, 0.05) is 32.6 Å². The van der Waals surface area contributed by atoms with Gasteiger partial charge in [0.1, 0.15) is 11.8 Å². The summed E-state index contributed by atoms with van der Waals surface area (Å²) >= 11 is 0. The number of aryl methyl sites for hydroxylation is 1. The fraction of sp³-hybridized carbons (Fsp3) is 0.421. The average molecular weight is 372 g/mol. The summed E-state index contributed by atoms with van der Waals surface area (Å²) in [5.74, 6) is 0.731. The smallest absolute Gasteiger partial charge is 0.247 e. The van der Waals surface area contributed by atoms with Crippen LogP contribution in [0.4, 0.5) is 5.82 Å². The Morgan fingerprint density at radius 1 is 1.33 bits per heavy atom. The number of morpholine rings is 1. The van der Waals surface area contributed by atoms with Crippen molar-refractivity contribution >= 4 is 17.6 Å². The first kappa shape index (κ1) is 19.1. The van der Waals surface area contributed by atoms with E-state index in [-0.39, 0.29) is 17.9 Å². The van der Waals surface area contributed by atoms with Crippen molar-refractivity contribution in [1.29, 1.82) is 0 Å². The van der Waals surface area contributed by atoms with E-state index < -0.39 is 6.04 Å². The Bertz CT molecular complexity index is 777. The highest BCUT2D eigenvalue weighted by Gasteiger charge is 2.32. The number of benzene rings is 1. The number of hydrogen-bond donors (Lipinski definition) is 2. The fourth-order valence-electron chi connectivity index (χ4n) is 3.14. The first-order valence-electron chi connectivity index (χ1n) is 8.92. The number of nitrogens with one attached hydrogen (secondary N) is 2. The van der Waals surface area contributed by atoms with Crippen molar-refractivity contribution in [2.75, 3.05) is 31.6 Å². The molecular formula is C19H24N4O4. The maximum atomic E-state index is 13.0. The minimum Gasteiger partial charge on any atom is -0.374 e. The monoisotopic (exact) mass is 372 g/mol. The third-order valence-electron chi connectivity index (χ3n) is 4.36. The minimum absolute atomic E-state index is 0.102. The molecule has 1 aromatic heterocycles. The summed E-state index contributed by atoms with van der Waals surface area (Å²) in [6, 6.07) is 10.8. The van der Waals surface area contributed by atoms with Crippen LogP contribution in [0, 0.1) is 6.92 Å². The molecule has 2 amide bonds. The maximum absolute atomic E-state index is 13.0. The lowest BCUT2D eigenvalue weighted by molar-refractivity contribution is -0.126. The lowest BCUT2D eigenvalue weighted by Gasteiger charge is -2.37. The van der Waals surface area contributed by atoms with Crippen molar-refractivity contribution in [1.82, 2.24) is 15.4 Å². The van der Waals surface area contributed by atoms with E-state index in [9.17, 15) is 9.59 Å². The van der Waals surface area contributed by atoms with Crippen LogP contribution in [0.1, 0.15) is 24.3 Å². The van der Waals surface area contributed by atoms with Crippen LogP contribution in [0.3, 0.4) is 0 Å². The van der Waals surface area contributed by atoms with Gasteiger partial charge in [0.25, 0.3) is 0 Å². The number of nitrogens with zero attached hydrogens (tertiary/aromatic N) is 2. The van der Waals surface area contributed by atoms with Gasteiger partial charge in [-0.05, 0) is 12.5 Å². The highest BCUT2D eigenvalue weighted by molar-refractivity contribution is 5.94. The topological polar surface area (TPSA) is 96.7 Å². The lowest BCUT2D eigenvalue weighted by atomic mass is 10.0. The van der Waals surface area contributed by atoms with Crippen molar-refractivity contribution in [2.24, 2.45) is 0 Å². The molecule has 0 aliphatic carbocycles. The van der Waals surface area contributed by atoms with Crippen LogP contribution in [0.5, 0.6) is 0 Å². The van der Waals surface area contributed by atoms with E-state index in [0.717, 1.165) is 5.56 Å². The molecule has 0 spiro atoms. The molecule has 27 heavy (non-hydrogen) atoms. The molecule has 2 unspecified atom stereocenters. The summed E-state index contributed by atoms with van der Waals surface area (Å²) in [6.45, 7) is 5.29. The quantitative estimate of drug-likeness (QED) is 0.798. The first-order chi connectivity index (χ1) is 13.0. The molecular weight excluding hydrogens is 348 g/mol. The largest absolute Gasteiger partial charge is 0.374 e. The highest BCUT2D eigenvalue weighted by atomic mass is 16.5. The van der Waals surface area contributed by atoms with E-state index in [2.05, 4.69) is 20.7 Å². The molecule has 8 nitrogen and oxygen atoms in total. The summed E-state index contributed by atoms with van der Waals surface area (Å²) in [4.78, 5) is 26.3. The molecule has 144 valence electrons. The Morgan fingerprint density at radius 2 is 2.11 bits per heavy atom. The molecule has 2 aromatic rings. The molecule has 0 bridgehead atoms. The van der Waals surface area contributed by atoms with Crippen LogP contribution in [-0.2, 0) is 14.3 Å². The molecule has 1 fully saturated rings. The molecule has 2 heterocycles. The van der Waals surface area contributed by atoms with Crippen molar-refractivity contribution in [3.63, 3.8) is 0 Å². The third-order valence-corrected chi connectivity index (χ3v) is 4.36. The Hall–Kier alpha value is -2.71. The van der Waals surface area contributed by atoms with Gasteiger partial charge in [-0.15, -0.1) is 0 Å². The molecule has 2 N–H and O–H groups in total. The highest BCUT2D eigenvalue weighted by Crippen LogP contribution is 2.25. The predicted octanol–water partition coefficient (Wildman–Crippen LogP) is 1.50. The van der Waals surface area contributed by atoms with Gasteiger partial charge in [0.15, 0.2) is 5.82 Å². The normalized spacial score (nSPS) is 18.7. The number of ether oxygens (including phenoxy) is 1. The van der Waals surface area contributed by atoms with Gasteiger partial charge in [0.2, 0.25) is 11.8 Å². The van der Waals surface area contributed by atoms with Crippen LogP contribution >= 0.6 is 0 Å². The van der Waals surface area contributed by atoms with Crippen LogP contribution in [0.2, 0.25) is 0 Å². The number of amides is 2. The minimum atomic E-state index is -0.494. The van der Waals surface area contributed by atoms with Gasteiger partial charge in [0.05, 0.1) is 12.7 Å². The van der Waals surface area contributed by atoms with Gasteiger partial charge in [-0.1, -0.05) is 35.5 Å². The predicted molar refractivity (Wildman–Crippen MR) is 99.0 cm³/mol. The van der Waals surface area contributed by atoms with E-state index in [1.807, 2.05) is 30.3 Å². The molecule has 8 heteroatoms. The van der Waals surface area contributed by atoms with Crippen molar-refractivity contribution in [3.8, 4) is 0 Å². The first-order valence-corrected chi connectivity index (χ1v) is 8.92. The van der Waals surface area contributed by atoms with Crippen LogP contribution < -0.4 is 10.6 Å². The van der Waals surface area contributed by atoms with Crippen molar-refractivity contribution < 1.29 is 18.8 Å². The number of hydrogen-bond acceptors (Lipinski definition) is 6. The lowest BCUT2D eigenvalue weighted by Crippen LogP contribution is -2.50. The van der Waals surface area contributed by atoms with Crippen molar-refractivity contribution in [2.45, 2.75) is 26.0 Å². The second-order valence-electron chi connectivity index (χ2n) is 6.55. The van der Waals surface area contributed by atoms with Crippen LogP contribution in [0.15, 0.2) is 40.9 Å². The van der Waals surface area contributed by atoms with Crippen LogP contribution in [-0.4, -0.2) is 54.2 Å². The maximum Gasteiger partial charge on any atom is 0.247 e. The fourth-order valence-corrected chi connectivity index (χ4v) is 3.14. The van der Waals surface area contributed by atoms with Gasteiger partial charge < -0.3 is 19.9 Å². The van der Waals surface area contributed by atoms with E-state index in [1.165, 1.54) is 6.92 Å². The second kappa shape index (κ2) is 8.79. The molecule has 0 radical (unpaired) electrons. The Balaban J connectivity index is 1.77. The second-order valence-corrected chi connectivity index (χ2v) is 6.55. The van der Waals surface area contributed by atoms with E-state index in [4.69, 9.17) is 9.26 Å². The molecule has 0 saturated carbocycles. The Morgan fingerprint density at radius 3 is 2.78 bits per heavy atom.